The zero-order valence-corrected chi connectivity index (χ0v) is 21.0. The van der Waals surface area contributed by atoms with Gasteiger partial charge in [-0.05, 0) is 54.7 Å². The molecule has 1 aliphatic rings. The van der Waals surface area contributed by atoms with E-state index >= 15 is 0 Å². The van der Waals surface area contributed by atoms with Crippen molar-refractivity contribution in [2.45, 2.75) is 117 Å². The molecule has 1 saturated carbocycles. The van der Waals surface area contributed by atoms with Gasteiger partial charge in [0.1, 0.15) is 0 Å². The van der Waals surface area contributed by atoms with E-state index in [-0.39, 0.29) is 0 Å². The molecule has 1 heterocycles. The van der Waals surface area contributed by atoms with Crippen LogP contribution < -0.4 is 0 Å². The van der Waals surface area contributed by atoms with Crippen molar-refractivity contribution in [1.29, 1.82) is 0 Å². The van der Waals surface area contributed by atoms with E-state index in [1.165, 1.54) is 119 Å². The Morgan fingerprint density at radius 2 is 1.25 bits per heavy atom. The van der Waals surface area contributed by atoms with Crippen LogP contribution in [-0.4, -0.2) is 4.98 Å². The number of pyridine rings is 1. The first kappa shape index (κ1) is 25.0. The normalized spacial score (nSPS) is 18.7. The molecule has 0 spiro atoms. The molecule has 0 radical (unpaired) electrons. The predicted molar refractivity (Wildman–Crippen MR) is 140 cm³/mol. The average Bonchev–Trinajstić information content (AvgIpc) is 2.85. The SMILES string of the molecule is CCCCCCCCc1ccc(-c2ccc(CCC3CCC(CCCC)CC3)cn2)cc1. The molecule has 1 fully saturated rings. The number of hydrogen-bond donors (Lipinski definition) is 0. The molecule has 32 heavy (non-hydrogen) atoms. The highest BCUT2D eigenvalue weighted by Crippen LogP contribution is 2.34. The van der Waals surface area contributed by atoms with E-state index in [1.807, 2.05) is 0 Å². The van der Waals surface area contributed by atoms with Gasteiger partial charge in [0.2, 0.25) is 0 Å². The largest absolute Gasteiger partial charge is 0.256 e. The van der Waals surface area contributed by atoms with Crippen molar-refractivity contribution >= 4 is 0 Å². The first-order valence-corrected chi connectivity index (χ1v) is 13.8. The topological polar surface area (TPSA) is 12.9 Å². The van der Waals surface area contributed by atoms with Gasteiger partial charge in [-0.15, -0.1) is 0 Å². The average molecular weight is 434 g/mol. The van der Waals surface area contributed by atoms with Crippen LogP contribution in [0.3, 0.4) is 0 Å². The molecule has 0 unspecified atom stereocenters. The monoisotopic (exact) mass is 433 g/mol. The maximum atomic E-state index is 4.79. The smallest absolute Gasteiger partial charge is 0.0702 e. The van der Waals surface area contributed by atoms with Crippen LogP contribution in [0, 0.1) is 11.8 Å². The molecule has 0 N–H and O–H groups in total. The van der Waals surface area contributed by atoms with E-state index in [4.69, 9.17) is 4.98 Å². The van der Waals surface area contributed by atoms with Crippen molar-refractivity contribution in [2.24, 2.45) is 11.8 Å². The molecule has 176 valence electrons. The van der Waals surface area contributed by atoms with Crippen LogP contribution >= 0.6 is 0 Å². The van der Waals surface area contributed by atoms with E-state index in [9.17, 15) is 0 Å². The van der Waals surface area contributed by atoms with Crippen molar-refractivity contribution in [3.05, 3.63) is 53.7 Å². The van der Waals surface area contributed by atoms with Gasteiger partial charge in [-0.1, -0.05) is 121 Å². The Morgan fingerprint density at radius 3 is 1.91 bits per heavy atom. The highest BCUT2D eigenvalue weighted by atomic mass is 14.7. The van der Waals surface area contributed by atoms with Gasteiger partial charge >= 0.3 is 0 Å². The Morgan fingerprint density at radius 1 is 0.625 bits per heavy atom. The Labute approximate surface area is 198 Å². The second-order valence-corrected chi connectivity index (χ2v) is 10.3. The molecule has 1 aliphatic carbocycles. The molecular weight excluding hydrogens is 386 g/mol. The summed E-state index contributed by atoms with van der Waals surface area (Å²) in [7, 11) is 0. The fourth-order valence-corrected chi connectivity index (χ4v) is 5.37. The van der Waals surface area contributed by atoms with E-state index in [0.29, 0.717) is 0 Å². The summed E-state index contributed by atoms with van der Waals surface area (Å²) in [6, 6.07) is 13.6. The van der Waals surface area contributed by atoms with Gasteiger partial charge in [-0.2, -0.15) is 0 Å². The van der Waals surface area contributed by atoms with Gasteiger partial charge in [-0.25, -0.2) is 0 Å². The van der Waals surface area contributed by atoms with Gasteiger partial charge in [0.15, 0.2) is 0 Å². The standard InChI is InChI=1S/C31H47N/c1-3-5-7-8-9-10-12-27-19-22-30(23-20-27)31-24-21-29(25-32-31)18-17-28-15-13-26(14-16-28)11-6-4-2/h19-26,28H,3-18H2,1-2H3. The summed E-state index contributed by atoms with van der Waals surface area (Å²) in [5, 5.41) is 0. The summed E-state index contributed by atoms with van der Waals surface area (Å²) in [6.07, 6.45) is 24.1. The minimum atomic E-state index is 0.937. The van der Waals surface area contributed by atoms with Crippen LogP contribution in [0.1, 0.15) is 115 Å². The first-order chi connectivity index (χ1) is 15.8. The third kappa shape index (κ3) is 8.72. The number of nitrogens with zero attached hydrogens (tertiary/aromatic N) is 1. The predicted octanol–water partition coefficient (Wildman–Crippen LogP) is 9.58. The second kappa shape index (κ2) is 14.5. The number of aryl methyl sites for hydroxylation is 2. The highest BCUT2D eigenvalue weighted by Gasteiger charge is 2.20. The summed E-state index contributed by atoms with van der Waals surface area (Å²) < 4.78 is 0. The first-order valence-electron chi connectivity index (χ1n) is 13.8. The molecule has 0 aliphatic heterocycles. The third-order valence-electron chi connectivity index (χ3n) is 7.67. The molecule has 0 saturated heterocycles. The van der Waals surface area contributed by atoms with Crippen molar-refractivity contribution in [3.8, 4) is 11.3 Å². The van der Waals surface area contributed by atoms with E-state index in [2.05, 4.69) is 56.4 Å². The zero-order chi connectivity index (χ0) is 22.4. The van der Waals surface area contributed by atoms with E-state index in [1.54, 1.807) is 0 Å². The molecular formula is C31H47N. The molecule has 0 amide bonds. The Balaban J connectivity index is 1.38. The maximum absolute atomic E-state index is 4.79. The molecule has 2 aromatic rings. The summed E-state index contributed by atoms with van der Waals surface area (Å²) in [4.78, 5) is 4.79. The summed E-state index contributed by atoms with van der Waals surface area (Å²) in [6.45, 7) is 4.60. The number of rotatable bonds is 14. The molecule has 0 atom stereocenters. The van der Waals surface area contributed by atoms with Gasteiger partial charge in [0.05, 0.1) is 5.69 Å². The number of benzene rings is 1. The van der Waals surface area contributed by atoms with Crippen LogP contribution in [0.2, 0.25) is 0 Å². The van der Waals surface area contributed by atoms with Gasteiger partial charge in [-0.3, -0.25) is 4.98 Å². The number of unbranched alkanes of at least 4 members (excludes halogenated alkanes) is 6. The number of hydrogen-bond acceptors (Lipinski definition) is 1. The van der Waals surface area contributed by atoms with Crippen molar-refractivity contribution in [3.63, 3.8) is 0 Å². The van der Waals surface area contributed by atoms with Crippen LogP contribution in [0.4, 0.5) is 0 Å². The van der Waals surface area contributed by atoms with Gasteiger partial charge in [0.25, 0.3) is 0 Å². The fraction of sp³-hybridized carbons (Fsp3) is 0.645. The van der Waals surface area contributed by atoms with Crippen LogP contribution in [0.25, 0.3) is 11.3 Å². The third-order valence-corrected chi connectivity index (χ3v) is 7.67. The lowest BCUT2D eigenvalue weighted by atomic mass is 9.78. The van der Waals surface area contributed by atoms with Crippen molar-refractivity contribution in [2.75, 3.05) is 0 Å². The minimum absolute atomic E-state index is 0.937. The Hall–Kier alpha value is -1.63. The molecule has 3 rings (SSSR count). The Kier molecular flexibility index (Phi) is 11.3. The summed E-state index contributed by atoms with van der Waals surface area (Å²) in [5.74, 6) is 1.95. The van der Waals surface area contributed by atoms with Crippen LogP contribution in [-0.2, 0) is 12.8 Å². The lowest BCUT2D eigenvalue weighted by Crippen LogP contribution is -2.15. The second-order valence-electron chi connectivity index (χ2n) is 10.3. The summed E-state index contributed by atoms with van der Waals surface area (Å²) in [5.41, 5.74) is 5.22. The maximum Gasteiger partial charge on any atom is 0.0702 e. The molecule has 0 bridgehead atoms. The minimum Gasteiger partial charge on any atom is -0.256 e. The lowest BCUT2D eigenvalue weighted by molar-refractivity contribution is 0.250. The summed E-state index contributed by atoms with van der Waals surface area (Å²) >= 11 is 0. The van der Waals surface area contributed by atoms with Crippen molar-refractivity contribution < 1.29 is 0 Å². The Bertz CT molecular complexity index is 722. The quantitative estimate of drug-likeness (QED) is 0.270. The highest BCUT2D eigenvalue weighted by molar-refractivity contribution is 5.59. The van der Waals surface area contributed by atoms with E-state index in [0.717, 1.165) is 17.5 Å². The lowest BCUT2D eigenvalue weighted by Gasteiger charge is -2.28. The molecule has 1 aromatic carbocycles. The van der Waals surface area contributed by atoms with Crippen molar-refractivity contribution in [1.82, 2.24) is 4.98 Å². The van der Waals surface area contributed by atoms with E-state index < -0.39 is 0 Å². The fourth-order valence-electron chi connectivity index (χ4n) is 5.37. The van der Waals surface area contributed by atoms with Crippen LogP contribution in [0.5, 0.6) is 0 Å². The van der Waals surface area contributed by atoms with Gasteiger partial charge < -0.3 is 0 Å². The van der Waals surface area contributed by atoms with Gasteiger partial charge in [0, 0.05) is 11.8 Å². The number of aromatic nitrogens is 1. The van der Waals surface area contributed by atoms with Crippen LogP contribution in [0.15, 0.2) is 42.6 Å². The molecule has 1 aromatic heterocycles. The zero-order valence-electron chi connectivity index (χ0n) is 21.0. The molecule has 1 heteroatoms. The molecule has 1 nitrogen and oxygen atoms in total.